The van der Waals surface area contributed by atoms with Crippen molar-refractivity contribution < 1.29 is 9.84 Å². The number of benzene rings is 2. The van der Waals surface area contributed by atoms with E-state index in [1.54, 1.807) is 0 Å². The molecule has 0 aliphatic carbocycles. The van der Waals surface area contributed by atoms with Crippen LogP contribution in [-0.2, 0) is 13.0 Å². The number of piperidine rings is 2. The van der Waals surface area contributed by atoms with Crippen molar-refractivity contribution in [3.05, 3.63) is 65.7 Å². The Morgan fingerprint density at radius 1 is 1.03 bits per heavy atom. The Kier molecular flexibility index (Phi) is 9.25. The quantitative estimate of drug-likeness (QED) is 0.721. The van der Waals surface area contributed by atoms with Crippen molar-refractivity contribution in [1.82, 2.24) is 10.2 Å². The first-order chi connectivity index (χ1) is 13.2. The van der Waals surface area contributed by atoms with Gasteiger partial charge in [-0.05, 0) is 31.0 Å². The predicted molar refractivity (Wildman–Crippen MR) is 122 cm³/mol. The van der Waals surface area contributed by atoms with E-state index in [9.17, 15) is 5.11 Å². The maximum Gasteiger partial charge on any atom is 0.123 e. The molecule has 2 saturated heterocycles. The van der Waals surface area contributed by atoms with Crippen molar-refractivity contribution in [3.8, 4) is 5.75 Å². The molecule has 0 radical (unpaired) electrons. The number of aliphatic hydroxyl groups is 1. The van der Waals surface area contributed by atoms with Crippen LogP contribution in [0.25, 0.3) is 0 Å². The average molecular weight is 439 g/mol. The van der Waals surface area contributed by atoms with Gasteiger partial charge in [-0.25, -0.2) is 0 Å². The molecule has 2 heterocycles. The molecule has 2 aliphatic rings. The third kappa shape index (κ3) is 6.09. The van der Waals surface area contributed by atoms with Crippen molar-refractivity contribution in [1.29, 1.82) is 0 Å². The molecule has 2 atom stereocenters. The lowest BCUT2D eigenvalue weighted by atomic mass is 9.76. The number of nitrogens with zero attached hydrogens (tertiary/aromatic N) is 1. The summed E-state index contributed by atoms with van der Waals surface area (Å²) in [6, 6.07) is 18.8. The lowest BCUT2D eigenvalue weighted by molar-refractivity contribution is -0.0900. The zero-order valence-corrected chi connectivity index (χ0v) is 18.4. The second-order valence-corrected chi connectivity index (χ2v) is 7.93. The van der Waals surface area contributed by atoms with E-state index in [1.165, 1.54) is 11.1 Å². The Hall–Kier alpha value is -1.30. The largest absolute Gasteiger partial charge is 0.493 e. The van der Waals surface area contributed by atoms with Gasteiger partial charge in [0.15, 0.2) is 0 Å². The average Bonchev–Trinajstić information content (AvgIpc) is 2.70. The van der Waals surface area contributed by atoms with Crippen LogP contribution in [0.15, 0.2) is 54.6 Å². The lowest BCUT2D eigenvalue weighted by Gasteiger charge is -2.47. The molecule has 29 heavy (non-hydrogen) atoms. The molecule has 4 rings (SSSR count). The van der Waals surface area contributed by atoms with Gasteiger partial charge in [0.1, 0.15) is 5.75 Å². The van der Waals surface area contributed by atoms with Gasteiger partial charge in [-0.15, -0.1) is 24.8 Å². The van der Waals surface area contributed by atoms with E-state index in [-0.39, 0.29) is 24.8 Å². The van der Waals surface area contributed by atoms with Gasteiger partial charge in [-0.3, -0.25) is 4.90 Å². The monoisotopic (exact) mass is 438 g/mol. The SMILES string of the molecule is Cl.Cl.O[C@]12CCNC[C@H]1CN(Cc1ccccc1OCCc1ccccc1)CC2. The maximum atomic E-state index is 10.9. The fourth-order valence-electron chi connectivity index (χ4n) is 4.38. The van der Waals surface area contributed by atoms with Crippen molar-refractivity contribution >= 4 is 24.8 Å². The Balaban J connectivity index is 0.00000150. The summed E-state index contributed by atoms with van der Waals surface area (Å²) in [6.07, 6.45) is 2.67. The van der Waals surface area contributed by atoms with Crippen molar-refractivity contribution in [2.45, 2.75) is 31.4 Å². The van der Waals surface area contributed by atoms with Crippen LogP contribution in [0, 0.1) is 5.92 Å². The minimum Gasteiger partial charge on any atom is -0.493 e. The van der Waals surface area contributed by atoms with Crippen LogP contribution in [0.3, 0.4) is 0 Å². The van der Waals surface area contributed by atoms with Crippen molar-refractivity contribution in [2.75, 3.05) is 32.8 Å². The molecule has 0 bridgehead atoms. The molecule has 0 amide bonds. The van der Waals surface area contributed by atoms with Crippen LogP contribution < -0.4 is 10.1 Å². The first-order valence-electron chi connectivity index (χ1n) is 10.1. The predicted octanol–water partition coefficient (Wildman–Crippen LogP) is 3.70. The number of hydrogen-bond acceptors (Lipinski definition) is 4. The van der Waals surface area contributed by atoms with Crippen LogP contribution >= 0.6 is 24.8 Å². The van der Waals surface area contributed by atoms with Gasteiger partial charge in [0.05, 0.1) is 12.2 Å². The topological polar surface area (TPSA) is 44.7 Å². The van der Waals surface area contributed by atoms with Crippen LogP contribution in [0.4, 0.5) is 0 Å². The van der Waals surface area contributed by atoms with Crippen LogP contribution in [0.2, 0.25) is 0 Å². The summed E-state index contributed by atoms with van der Waals surface area (Å²) in [6.45, 7) is 5.32. The Labute approximate surface area is 186 Å². The summed E-state index contributed by atoms with van der Waals surface area (Å²) in [4.78, 5) is 2.46. The minimum absolute atomic E-state index is 0. The van der Waals surface area contributed by atoms with Gasteiger partial charge in [0.25, 0.3) is 0 Å². The van der Waals surface area contributed by atoms with Crippen molar-refractivity contribution in [2.24, 2.45) is 5.92 Å². The normalized spacial score (nSPS) is 24.0. The Bertz CT molecular complexity index is 747. The maximum absolute atomic E-state index is 10.9. The Morgan fingerprint density at radius 3 is 2.62 bits per heavy atom. The molecule has 2 aromatic rings. The molecular weight excluding hydrogens is 407 g/mol. The highest BCUT2D eigenvalue weighted by atomic mass is 35.5. The van der Waals surface area contributed by atoms with Gasteiger partial charge < -0.3 is 15.2 Å². The molecular formula is C23H32Cl2N2O2. The van der Waals surface area contributed by atoms with E-state index in [1.807, 2.05) is 12.1 Å². The molecule has 2 aliphatic heterocycles. The van der Waals surface area contributed by atoms with Gasteiger partial charge >= 0.3 is 0 Å². The summed E-state index contributed by atoms with van der Waals surface area (Å²) in [7, 11) is 0. The third-order valence-corrected chi connectivity index (χ3v) is 6.08. The molecule has 6 heteroatoms. The van der Waals surface area contributed by atoms with E-state index in [0.717, 1.165) is 57.7 Å². The van der Waals surface area contributed by atoms with Gasteiger partial charge in [0.2, 0.25) is 0 Å². The number of nitrogens with one attached hydrogen (secondary N) is 1. The van der Waals surface area contributed by atoms with Gasteiger partial charge in [0, 0.05) is 44.1 Å². The summed E-state index contributed by atoms with van der Waals surface area (Å²) in [5.41, 5.74) is 2.07. The van der Waals surface area contributed by atoms with E-state index >= 15 is 0 Å². The molecule has 0 saturated carbocycles. The molecule has 2 N–H and O–H groups in total. The van der Waals surface area contributed by atoms with E-state index < -0.39 is 5.60 Å². The summed E-state index contributed by atoms with van der Waals surface area (Å²) < 4.78 is 6.12. The Morgan fingerprint density at radius 2 is 1.79 bits per heavy atom. The first kappa shape index (κ1) is 24.0. The highest BCUT2D eigenvalue weighted by Gasteiger charge is 2.42. The number of likely N-dealkylation sites (tertiary alicyclic amines) is 1. The second-order valence-electron chi connectivity index (χ2n) is 7.93. The zero-order valence-electron chi connectivity index (χ0n) is 16.8. The fraction of sp³-hybridized carbons (Fsp3) is 0.478. The van der Waals surface area contributed by atoms with Crippen molar-refractivity contribution in [3.63, 3.8) is 0 Å². The van der Waals surface area contributed by atoms with Gasteiger partial charge in [-0.2, -0.15) is 0 Å². The standard InChI is InChI=1S/C23H30N2O2.2ClH/c26-23-11-13-24-16-21(23)18-25(14-12-23)17-20-8-4-5-9-22(20)27-15-10-19-6-2-1-3-7-19;;/h1-9,21,24,26H,10-18H2;2*1H/t21-,23-;;/m0../s1. The third-order valence-electron chi connectivity index (χ3n) is 6.08. The van der Waals surface area contributed by atoms with E-state index in [4.69, 9.17) is 4.74 Å². The van der Waals surface area contributed by atoms with Crippen LogP contribution in [0.5, 0.6) is 5.75 Å². The number of para-hydroxylation sites is 1. The fourth-order valence-corrected chi connectivity index (χ4v) is 4.38. The lowest BCUT2D eigenvalue weighted by Crippen LogP contribution is -2.58. The molecule has 2 aromatic carbocycles. The molecule has 160 valence electrons. The number of fused-ring (bicyclic) bond motifs is 1. The molecule has 0 aromatic heterocycles. The summed E-state index contributed by atoms with van der Waals surface area (Å²) in [5, 5.41) is 14.3. The molecule has 0 spiro atoms. The smallest absolute Gasteiger partial charge is 0.123 e. The van der Waals surface area contributed by atoms with Crippen LogP contribution in [-0.4, -0.2) is 48.4 Å². The number of rotatable bonds is 6. The van der Waals surface area contributed by atoms with Gasteiger partial charge in [-0.1, -0.05) is 48.5 Å². The minimum atomic E-state index is -0.465. The molecule has 2 fully saturated rings. The van der Waals surface area contributed by atoms with E-state index in [0.29, 0.717) is 12.5 Å². The highest BCUT2D eigenvalue weighted by Crippen LogP contribution is 2.34. The summed E-state index contributed by atoms with van der Waals surface area (Å²) >= 11 is 0. The zero-order chi connectivity index (χ0) is 18.5. The molecule has 4 nitrogen and oxygen atoms in total. The second kappa shape index (κ2) is 11.2. The molecule has 0 unspecified atom stereocenters. The highest BCUT2D eigenvalue weighted by molar-refractivity contribution is 5.85. The number of hydrogen-bond donors (Lipinski definition) is 2. The number of halogens is 2. The first-order valence-corrected chi connectivity index (χ1v) is 10.1. The number of ether oxygens (including phenoxy) is 1. The van der Waals surface area contributed by atoms with Crippen LogP contribution in [0.1, 0.15) is 24.0 Å². The van der Waals surface area contributed by atoms with E-state index in [2.05, 4.69) is 52.7 Å². The summed E-state index contributed by atoms with van der Waals surface area (Å²) in [5.74, 6) is 1.31.